The SMILES string of the molecule is CCOC(=O)c1cc(-c2coc(C=Nn3cnnc3)c2)ccc1Cl. The van der Waals surface area contributed by atoms with E-state index in [0.717, 1.165) is 11.1 Å². The van der Waals surface area contributed by atoms with E-state index in [0.29, 0.717) is 16.3 Å². The highest BCUT2D eigenvalue weighted by atomic mass is 35.5. The number of nitrogens with zero attached hydrogens (tertiary/aromatic N) is 4. The first kappa shape index (κ1) is 15.9. The fraction of sp³-hybridized carbons (Fsp3) is 0.125. The van der Waals surface area contributed by atoms with Crippen molar-refractivity contribution >= 4 is 23.8 Å². The highest BCUT2D eigenvalue weighted by Gasteiger charge is 2.13. The van der Waals surface area contributed by atoms with Crippen molar-refractivity contribution in [2.45, 2.75) is 6.92 Å². The molecule has 0 atom stereocenters. The number of rotatable bonds is 5. The first-order valence-electron chi connectivity index (χ1n) is 7.12. The molecule has 0 bridgehead atoms. The zero-order chi connectivity index (χ0) is 16.9. The van der Waals surface area contributed by atoms with Gasteiger partial charge in [0.2, 0.25) is 0 Å². The van der Waals surface area contributed by atoms with E-state index in [9.17, 15) is 4.79 Å². The van der Waals surface area contributed by atoms with Crippen LogP contribution < -0.4 is 0 Å². The molecular weight excluding hydrogens is 332 g/mol. The van der Waals surface area contributed by atoms with Gasteiger partial charge in [-0.15, -0.1) is 10.2 Å². The first-order chi connectivity index (χ1) is 11.7. The van der Waals surface area contributed by atoms with Gasteiger partial charge in [0.15, 0.2) is 0 Å². The summed E-state index contributed by atoms with van der Waals surface area (Å²) in [5, 5.41) is 11.7. The molecule has 0 N–H and O–H groups in total. The number of carbonyl (C=O) groups excluding carboxylic acids is 1. The lowest BCUT2D eigenvalue weighted by atomic mass is 10.1. The van der Waals surface area contributed by atoms with Crippen LogP contribution in [0.15, 0.2) is 52.7 Å². The summed E-state index contributed by atoms with van der Waals surface area (Å²) in [4.78, 5) is 11.9. The third kappa shape index (κ3) is 3.52. The summed E-state index contributed by atoms with van der Waals surface area (Å²) in [7, 11) is 0. The maximum atomic E-state index is 11.9. The minimum absolute atomic E-state index is 0.287. The van der Waals surface area contributed by atoms with Crippen LogP contribution in [0, 0.1) is 0 Å². The maximum Gasteiger partial charge on any atom is 0.339 e. The predicted molar refractivity (Wildman–Crippen MR) is 88.1 cm³/mol. The number of furan rings is 1. The molecule has 3 rings (SSSR count). The fourth-order valence-corrected chi connectivity index (χ4v) is 2.22. The molecule has 7 nitrogen and oxygen atoms in total. The van der Waals surface area contributed by atoms with E-state index in [1.165, 1.54) is 23.5 Å². The van der Waals surface area contributed by atoms with Crippen molar-refractivity contribution in [3.05, 3.63) is 59.5 Å². The maximum absolute atomic E-state index is 11.9. The second-order valence-electron chi connectivity index (χ2n) is 4.74. The Morgan fingerprint density at radius 2 is 2.12 bits per heavy atom. The second kappa shape index (κ2) is 7.10. The Kier molecular flexibility index (Phi) is 4.72. The molecule has 0 radical (unpaired) electrons. The Morgan fingerprint density at radius 1 is 1.33 bits per heavy atom. The van der Waals surface area contributed by atoms with E-state index in [-0.39, 0.29) is 6.61 Å². The minimum Gasteiger partial charge on any atom is -0.463 e. The highest BCUT2D eigenvalue weighted by Crippen LogP contribution is 2.27. The monoisotopic (exact) mass is 344 g/mol. The van der Waals surface area contributed by atoms with Crippen LogP contribution in [0.25, 0.3) is 11.1 Å². The number of hydrogen-bond donors (Lipinski definition) is 0. The van der Waals surface area contributed by atoms with E-state index in [1.807, 2.05) is 0 Å². The third-order valence-electron chi connectivity index (χ3n) is 3.14. The van der Waals surface area contributed by atoms with E-state index < -0.39 is 5.97 Å². The van der Waals surface area contributed by atoms with Gasteiger partial charge in [-0.25, -0.2) is 9.47 Å². The number of benzene rings is 1. The van der Waals surface area contributed by atoms with Gasteiger partial charge in [-0.3, -0.25) is 0 Å². The van der Waals surface area contributed by atoms with Crippen LogP contribution in [-0.2, 0) is 4.74 Å². The van der Waals surface area contributed by atoms with Crippen LogP contribution in [0.2, 0.25) is 5.02 Å². The molecule has 3 aromatic rings. The summed E-state index contributed by atoms with van der Waals surface area (Å²) in [6.07, 6.45) is 6.04. The summed E-state index contributed by atoms with van der Waals surface area (Å²) >= 11 is 6.07. The van der Waals surface area contributed by atoms with Gasteiger partial charge in [-0.05, 0) is 30.7 Å². The molecular formula is C16H13ClN4O3. The lowest BCUT2D eigenvalue weighted by Crippen LogP contribution is -2.05. The molecule has 1 aromatic carbocycles. The van der Waals surface area contributed by atoms with Crippen LogP contribution in [0.3, 0.4) is 0 Å². The standard InChI is InChI=1S/C16H13ClN4O3/c1-2-23-16(22)14-6-11(3-4-15(14)17)12-5-13(24-8-12)7-20-21-9-18-19-10-21/h3-10H,2H2,1H3. The average Bonchev–Trinajstić information content (AvgIpc) is 3.25. The van der Waals surface area contributed by atoms with Gasteiger partial charge in [0.25, 0.3) is 0 Å². The quantitative estimate of drug-likeness (QED) is 0.524. The Balaban J connectivity index is 1.84. The number of carbonyl (C=O) groups is 1. The first-order valence-corrected chi connectivity index (χ1v) is 7.49. The van der Waals surface area contributed by atoms with Crippen molar-refractivity contribution in [2.75, 3.05) is 6.61 Å². The third-order valence-corrected chi connectivity index (χ3v) is 3.47. The van der Waals surface area contributed by atoms with Crippen molar-refractivity contribution in [1.82, 2.24) is 14.9 Å². The smallest absolute Gasteiger partial charge is 0.339 e. The summed E-state index contributed by atoms with van der Waals surface area (Å²) in [6, 6.07) is 6.93. The largest absolute Gasteiger partial charge is 0.463 e. The zero-order valence-electron chi connectivity index (χ0n) is 12.7. The number of aromatic nitrogens is 3. The topological polar surface area (TPSA) is 82.5 Å². The summed E-state index contributed by atoms with van der Waals surface area (Å²) in [5.74, 6) is 0.0913. The molecule has 8 heteroatoms. The Hall–Kier alpha value is -2.93. The van der Waals surface area contributed by atoms with Crippen LogP contribution in [0.1, 0.15) is 23.0 Å². The predicted octanol–water partition coefficient (Wildman–Crippen LogP) is 3.25. The minimum atomic E-state index is -0.456. The van der Waals surface area contributed by atoms with Gasteiger partial charge in [0.05, 0.1) is 29.7 Å². The number of hydrogen-bond acceptors (Lipinski definition) is 6. The van der Waals surface area contributed by atoms with E-state index >= 15 is 0 Å². The zero-order valence-corrected chi connectivity index (χ0v) is 13.5. The molecule has 0 amide bonds. The van der Waals surface area contributed by atoms with Gasteiger partial charge >= 0.3 is 5.97 Å². The van der Waals surface area contributed by atoms with Gasteiger partial charge in [0.1, 0.15) is 18.4 Å². The Morgan fingerprint density at radius 3 is 2.88 bits per heavy atom. The summed E-state index contributed by atoms with van der Waals surface area (Å²) in [5.41, 5.74) is 1.90. The molecule has 2 heterocycles. The molecule has 0 aliphatic carbocycles. The van der Waals surface area contributed by atoms with Crippen LogP contribution in [-0.4, -0.2) is 33.7 Å². The molecule has 0 aliphatic rings. The molecule has 24 heavy (non-hydrogen) atoms. The molecule has 0 fully saturated rings. The fourth-order valence-electron chi connectivity index (χ4n) is 2.02. The molecule has 0 unspecified atom stereocenters. The molecule has 0 aliphatic heterocycles. The van der Waals surface area contributed by atoms with Crippen LogP contribution >= 0.6 is 11.6 Å². The molecule has 2 aromatic heterocycles. The van der Waals surface area contributed by atoms with E-state index in [4.69, 9.17) is 20.8 Å². The number of halogens is 1. The van der Waals surface area contributed by atoms with Crippen LogP contribution in [0.4, 0.5) is 0 Å². The van der Waals surface area contributed by atoms with E-state index in [1.54, 1.807) is 37.5 Å². The highest BCUT2D eigenvalue weighted by molar-refractivity contribution is 6.33. The van der Waals surface area contributed by atoms with Gasteiger partial charge in [-0.2, -0.15) is 5.10 Å². The van der Waals surface area contributed by atoms with Gasteiger partial charge in [0, 0.05) is 5.56 Å². The molecule has 0 saturated carbocycles. The van der Waals surface area contributed by atoms with Gasteiger partial charge in [-0.1, -0.05) is 17.7 Å². The lowest BCUT2D eigenvalue weighted by molar-refractivity contribution is 0.0526. The van der Waals surface area contributed by atoms with Crippen molar-refractivity contribution in [2.24, 2.45) is 5.10 Å². The number of ether oxygens (including phenoxy) is 1. The number of esters is 1. The second-order valence-corrected chi connectivity index (χ2v) is 5.15. The van der Waals surface area contributed by atoms with Gasteiger partial charge < -0.3 is 9.15 Å². The molecule has 122 valence electrons. The van der Waals surface area contributed by atoms with E-state index in [2.05, 4.69) is 15.3 Å². The Labute approximate surface area is 142 Å². The van der Waals surface area contributed by atoms with Crippen molar-refractivity contribution < 1.29 is 13.9 Å². The van der Waals surface area contributed by atoms with Crippen LogP contribution in [0.5, 0.6) is 0 Å². The summed E-state index contributed by atoms with van der Waals surface area (Å²) < 4.78 is 11.9. The Bertz CT molecular complexity index is 871. The van der Waals surface area contributed by atoms with Crippen molar-refractivity contribution in [1.29, 1.82) is 0 Å². The van der Waals surface area contributed by atoms with Crippen molar-refractivity contribution in [3.63, 3.8) is 0 Å². The van der Waals surface area contributed by atoms with Crippen molar-refractivity contribution in [3.8, 4) is 11.1 Å². The average molecular weight is 345 g/mol. The molecule has 0 saturated heterocycles. The normalized spacial score (nSPS) is 11.1. The lowest BCUT2D eigenvalue weighted by Gasteiger charge is -2.06. The molecule has 0 spiro atoms. The summed E-state index contributed by atoms with van der Waals surface area (Å²) in [6.45, 7) is 2.03.